The maximum Gasteiger partial charge on any atom is 0.255 e. The van der Waals surface area contributed by atoms with E-state index in [1.54, 1.807) is 18.2 Å². The fraction of sp³-hybridized carbons (Fsp3) is 0.190. The predicted molar refractivity (Wildman–Crippen MR) is 101 cm³/mol. The molecule has 0 aromatic heterocycles. The molecule has 0 heterocycles. The molecular formula is C21H21NO4. The Labute approximate surface area is 152 Å². The van der Waals surface area contributed by atoms with E-state index in [4.69, 9.17) is 14.2 Å². The van der Waals surface area contributed by atoms with Crippen LogP contribution >= 0.6 is 0 Å². The van der Waals surface area contributed by atoms with Gasteiger partial charge in [0, 0.05) is 0 Å². The number of carbonyl (C=O) groups is 1. The van der Waals surface area contributed by atoms with Crippen molar-refractivity contribution in [1.82, 2.24) is 5.32 Å². The van der Waals surface area contributed by atoms with Gasteiger partial charge in [0.2, 0.25) is 0 Å². The Balaban J connectivity index is 1.57. The number of amides is 1. The summed E-state index contributed by atoms with van der Waals surface area (Å²) >= 11 is 0. The van der Waals surface area contributed by atoms with Gasteiger partial charge in [0.1, 0.15) is 12.4 Å². The van der Waals surface area contributed by atoms with Crippen LogP contribution in [0.3, 0.4) is 0 Å². The fourth-order valence-corrected chi connectivity index (χ4v) is 2.75. The van der Waals surface area contributed by atoms with Gasteiger partial charge in [0.25, 0.3) is 5.91 Å². The standard InChI is InChI=1S/C21H21NO4/c1-24-19-9-5-8-18(20(19)25-2)21(23)22-12-13-26-17-11-10-15-6-3-4-7-16(15)14-17/h3-11,14H,12-13H2,1-2H3,(H,22,23). The van der Waals surface area contributed by atoms with Gasteiger partial charge in [0.15, 0.2) is 11.5 Å². The zero-order chi connectivity index (χ0) is 18.4. The molecule has 0 bridgehead atoms. The molecule has 1 N–H and O–H groups in total. The van der Waals surface area contributed by atoms with Crippen LogP contribution in [0, 0.1) is 0 Å². The zero-order valence-corrected chi connectivity index (χ0v) is 14.8. The van der Waals surface area contributed by atoms with Gasteiger partial charge in [-0.15, -0.1) is 0 Å². The number of ether oxygens (including phenoxy) is 3. The molecule has 0 saturated heterocycles. The van der Waals surface area contributed by atoms with Crippen molar-refractivity contribution in [3.05, 3.63) is 66.2 Å². The second kappa shape index (κ2) is 8.25. The summed E-state index contributed by atoms with van der Waals surface area (Å²) < 4.78 is 16.2. The Morgan fingerprint density at radius 3 is 2.50 bits per heavy atom. The minimum Gasteiger partial charge on any atom is -0.493 e. The lowest BCUT2D eigenvalue weighted by molar-refractivity contribution is 0.0943. The molecule has 0 saturated carbocycles. The van der Waals surface area contributed by atoms with Crippen LogP contribution in [-0.4, -0.2) is 33.3 Å². The van der Waals surface area contributed by atoms with Gasteiger partial charge in [-0.25, -0.2) is 0 Å². The van der Waals surface area contributed by atoms with E-state index in [9.17, 15) is 4.79 Å². The Hall–Kier alpha value is -3.21. The number of benzene rings is 3. The number of carbonyl (C=O) groups excluding carboxylic acids is 1. The highest BCUT2D eigenvalue weighted by Crippen LogP contribution is 2.30. The van der Waals surface area contributed by atoms with E-state index in [0.717, 1.165) is 11.1 Å². The number of nitrogens with one attached hydrogen (secondary N) is 1. The summed E-state index contributed by atoms with van der Waals surface area (Å²) in [6, 6.07) is 19.2. The first kappa shape index (κ1) is 17.6. The largest absolute Gasteiger partial charge is 0.493 e. The summed E-state index contributed by atoms with van der Waals surface area (Å²) in [6.45, 7) is 0.752. The normalized spacial score (nSPS) is 10.4. The molecule has 0 spiro atoms. The average molecular weight is 351 g/mol. The molecule has 0 radical (unpaired) electrons. The molecule has 0 aliphatic heterocycles. The SMILES string of the molecule is COc1cccc(C(=O)NCCOc2ccc3ccccc3c2)c1OC. The van der Waals surface area contributed by atoms with Crippen molar-refractivity contribution in [3.8, 4) is 17.2 Å². The lowest BCUT2D eigenvalue weighted by atomic mass is 10.1. The second-order valence-corrected chi connectivity index (χ2v) is 5.65. The van der Waals surface area contributed by atoms with Crippen molar-refractivity contribution >= 4 is 16.7 Å². The molecule has 1 amide bonds. The molecular weight excluding hydrogens is 330 g/mol. The summed E-state index contributed by atoms with van der Waals surface area (Å²) in [5.41, 5.74) is 0.428. The zero-order valence-electron chi connectivity index (χ0n) is 14.8. The van der Waals surface area contributed by atoms with Gasteiger partial charge < -0.3 is 19.5 Å². The molecule has 3 aromatic rings. The van der Waals surface area contributed by atoms with Gasteiger partial charge in [-0.2, -0.15) is 0 Å². The van der Waals surface area contributed by atoms with Crippen LogP contribution in [0.4, 0.5) is 0 Å². The third kappa shape index (κ3) is 3.88. The Bertz CT molecular complexity index is 907. The smallest absolute Gasteiger partial charge is 0.255 e. The molecule has 0 atom stereocenters. The van der Waals surface area contributed by atoms with Crippen LogP contribution in [0.25, 0.3) is 10.8 Å². The first-order valence-electron chi connectivity index (χ1n) is 8.33. The number of hydrogen-bond donors (Lipinski definition) is 1. The van der Waals surface area contributed by atoms with Crippen molar-refractivity contribution < 1.29 is 19.0 Å². The highest BCUT2D eigenvalue weighted by molar-refractivity contribution is 5.97. The van der Waals surface area contributed by atoms with Gasteiger partial charge in [0.05, 0.1) is 26.3 Å². The van der Waals surface area contributed by atoms with Crippen molar-refractivity contribution in [2.45, 2.75) is 0 Å². The number of rotatable bonds is 7. The topological polar surface area (TPSA) is 56.8 Å². The minimum absolute atomic E-state index is 0.233. The third-order valence-corrected chi connectivity index (χ3v) is 4.02. The van der Waals surface area contributed by atoms with Crippen molar-refractivity contribution in [2.24, 2.45) is 0 Å². The molecule has 0 unspecified atom stereocenters. The van der Waals surface area contributed by atoms with E-state index in [1.807, 2.05) is 36.4 Å². The first-order chi connectivity index (χ1) is 12.7. The Morgan fingerprint density at radius 1 is 0.923 bits per heavy atom. The summed E-state index contributed by atoms with van der Waals surface area (Å²) in [6.07, 6.45) is 0. The minimum atomic E-state index is -0.233. The highest BCUT2D eigenvalue weighted by atomic mass is 16.5. The van der Waals surface area contributed by atoms with Crippen LogP contribution in [0.15, 0.2) is 60.7 Å². The molecule has 0 aliphatic carbocycles. The summed E-state index contributed by atoms with van der Waals surface area (Å²) in [5, 5.41) is 5.12. The predicted octanol–water partition coefficient (Wildman–Crippen LogP) is 3.67. The van der Waals surface area contributed by atoms with Crippen molar-refractivity contribution in [2.75, 3.05) is 27.4 Å². The quantitative estimate of drug-likeness (QED) is 0.660. The monoisotopic (exact) mass is 351 g/mol. The second-order valence-electron chi connectivity index (χ2n) is 5.65. The summed E-state index contributed by atoms with van der Waals surface area (Å²) in [4.78, 5) is 12.4. The lowest BCUT2D eigenvalue weighted by Crippen LogP contribution is -2.28. The highest BCUT2D eigenvalue weighted by Gasteiger charge is 2.15. The molecule has 5 nitrogen and oxygen atoms in total. The number of fused-ring (bicyclic) bond motifs is 1. The summed E-state index contributed by atoms with van der Waals surface area (Å²) in [5.74, 6) is 1.48. The molecule has 5 heteroatoms. The Kier molecular flexibility index (Phi) is 5.59. The molecule has 0 fully saturated rings. The number of hydrogen-bond acceptors (Lipinski definition) is 4. The van der Waals surface area contributed by atoms with Crippen molar-refractivity contribution in [3.63, 3.8) is 0 Å². The maximum absolute atomic E-state index is 12.4. The number of methoxy groups -OCH3 is 2. The average Bonchev–Trinajstić information content (AvgIpc) is 2.70. The first-order valence-corrected chi connectivity index (χ1v) is 8.33. The molecule has 3 aromatic carbocycles. The third-order valence-electron chi connectivity index (χ3n) is 4.02. The van der Waals surface area contributed by atoms with Crippen molar-refractivity contribution in [1.29, 1.82) is 0 Å². The van der Waals surface area contributed by atoms with Gasteiger partial charge >= 0.3 is 0 Å². The molecule has 0 aliphatic rings. The van der Waals surface area contributed by atoms with Crippen LogP contribution < -0.4 is 19.5 Å². The molecule has 26 heavy (non-hydrogen) atoms. The van der Waals surface area contributed by atoms with Crippen LogP contribution in [0.1, 0.15) is 10.4 Å². The van der Waals surface area contributed by atoms with Crippen LogP contribution in [0.2, 0.25) is 0 Å². The van der Waals surface area contributed by atoms with Gasteiger partial charge in [-0.1, -0.05) is 36.4 Å². The van der Waals surface area contributed by atoms with E-state index >= 15 is 0 Å². The van der Waals surface area contributed by atoms with Crippen LogP contribution in [0.5, 0.6) is 17.2 Å². The molecule has 3 rings (SSSR count). The fourth-order valence-electron chi connectivity index (χ4n) is 2.75. The summed E-state index contributed by atoms with van der Waals surface area (Å²) in [7, 11) is 3.05. The van der Waals surface area contributed by atoms with E-state index in [-0.39, 0.29) is 5.91 Å². The molecule has 134 valence electrons. The maximum atomic E-state index is 12.4. The van der Waals surface area contributed by atoms with E-state index in [0.29, 0.717) is 30.2 Å². The Morgan fingerprint density at radius 2 is 1.73 bits per heavy atom. The van der Waals surface area contributed by atoms with E-state index < -0.39 is 0 Å². The van der Waals surface area contributed by atoms with Crippen LogP contribution in [-0.2, 0) is 0 Å². The van der Waals surface area contributed by atoms with Gasteiger partial charge in [-0.05, 0) is 35.0 Å². The van der Waals surface area contributed by atoms with Gasteiger partial charge in [-0.3, -0.25) is 4.79 Å². The lowest BCUT2D eigenvalue weighted by Gasteiger charge is -2.13. The van der Waals surface area contributed by atoms with E-state index in [2.05, 4.69) is 11.4 Å². The van der Waals surface area contributed by atoms with E-state index in [1.165, 1.54) is 19.6 Å². The number of para-hydroxylation sites is 1.